The summed E-state index contributed by atoms with van der Waals surface area (Å²) in [5.74, 6) is 0.917. The Hall–Kier alpha value is -1.07. The van der Waals surface area contributed by atoms with E-state index in [1.807, 2.05) is 6.08 Å². The summed E-state index contributed by atoms with van der Waals surface area (Å²) in [5, 5.41) is 19.1. The van der Waals surface area contributed by atoms with Gasteiger partial charge in [0.2, 0.25) is 0 Å². The van der Waals surface area contributed by atoms with E-state index in [-0.39, 0.29) is 17.6 Å². The van der Waals surface area contributed by atoms with E-state index >= 15 is 0 Å². The molecule has 26 heavy (non-hydrogen) atoms. The molecule has 0 amide bonds. The average molecular weight is 383 g/mol. The summed E-state index contributed by atoms with van der Waals surface area (Å²) in [6.45, 7) is 5.87. The first-order valence-corrected chi connectivity index (χ1v) is 10.9. The van der Waals surface area contributed by atoms with Crippen molar-refractivity contribution in [2.24, 2.45) is 11.8 Å². The van der Waals surface area contributed by atoms with Gasteiger partial charge in [0.25, 0.3) is 0 Å². The van der Waals surface area contributed by atoms with Crippen molar-refractivity contribution in [3.05, 3.63) is 24.8 Å². The standard InChI is InChI=1S/C21H34O4S/c1-3-5-13-21(25,4-2)14-8-9-17-11-12-19(22)18(17)10-6-7-15-26-16-20(23)24/h4,8-9,17-18,25H,2-3,5-7,10-16H2,1H3,(H,23,24)/t17-,18+,21?/m0/s1. The fourth-order valence-electron chi connectivity index (χ4n) is 3.48. The monoisotopic (exact) mass is 382 g/mol. The maximum absolute atomic E-state index is 12.2. The van der Waals surface area contributed by atoms with Crippen LogP contribution in [0.4, 0.5) is 0 Å². The zero-order chi connectivity index (χ0) is 19.4. The predicted octanol–water partition coefficient (Wildman–Crippen LogP) is 4.62. The van der Waals surface area contributed by atoms with Crippen LogP contribution in [0.25, 0.3) is 0 Å². The van der Waals surface area contributed by atoms with E-state index in [9.17, 15) is 14.7 Å². The topological polar surface area (TPSA) is 74.6 Å². The first-order chi connectivity index (χ1) is 12.4. The number of hydrogen-bond acceptors (Lipinski definition) is 4. The van der Waals surface area contributed by atoms with Gasteiger partial charge in [-0.15, -0.1) is 6.58 Å². The Morgan fingerprint density at radius 3 is 2.81 bits per heavy atom. The lowest BCUT2D eigenvalue weighted by Gasteiger charge is -2.23. The Morgan fingerprint density at radius 1 is 1.38 bits per heavy atom. The molecule has 2 N–H and O–H groups in total. The minimum Gasteiger partial charge on any atom is -0.481 e. The molecular formula is C21H34O4S. The molecule has 148 valence electrons. The van der Waals surface area contributed by atoms with Gasteiger partial charge < -0.3 is 10.2 Å². The van der Waals surface area contributed by atoms with Gasteiger partial charge in [-0.2, -0.15) is 11.8 Å². The van der Waals surface area contributed by atoms with Crippen molar-refractivity contribution in [2.75, 3.05) is 11.5 Å². The molecule has 0 aromatic carbocycles. The van der Waals surface area contributed by atoms with Crippen molar-refractivity contribution >= 4 is 23.5 Å². The molecule has 0 bridgehead atoms. The largest absolute Gasteiger partial charge is 0.481 e. The van der Waals surface area contributed by atoms with Gasteiger partial charge in [0.1, 0.15) is 5.78 Å². The van der Waals surface area contributed by atoms with Crippen LogP contribution in [0.15, 0.2) is 24.8 Å². The van der Waals surface area contributed by atoms with Crippen LogP contribution >= 0.6 is 11.8 Å². The smallest absolute Gasteiger partial charge is 0.313 e. The zero-order valence-electron chi connectivity index (χ0n) is 16.0. The molecular weight excluding hydrogens is 348 g/mol. The molecule has 0 spiro atoms. The van der Waals surface area contributed by atoms with Crippen LogP contribution in [-0.4, -0.2) is 39.1 Å². The number of rotatable bonds is 14. The lowest BCUT2D eigenvalue weighted by atomic mass is 9.88. The molecule has 0 aliphatic heterocycles. The third kappa shape index (κ3) is 8.54. The molecule has 0 heterocycles. The summed E-state index contributed by atoms with van der Waals surface area (Å²) in [6.07, 6.45) is 13.4. The zero-order valence-corrected chi connectivity index (χ0v) is 16.8. The molecule has 1 aliphatic rings. The van der Waals surface area contributed by atoms with Gasteiger partial charge in [-0.05, 0) is 43.8 Å². The average Bonchev–Trinajstić information content (AvgIpc) is 2.96. The molecule has 0 aromatic rings. The molecule has 1 unspecified atom stereocenters. The first-order valence-electron chi connectivity index (χ1n) is 9.76. The lowest BCUT2D eigenvalue weighted by Crippen LogP contribution is -2.24. The number of aliphatic hydroxyl groups is 1. The number of aliphatic carboxylic acids is 1. The highest BCUT2D eigenvalue weighted by molar-refractivity contribution is 7.99. The van der Waals surface area contributed by atoms with E-state index in [0.717, 1.165) is 50.7 Å². The number of carbonyl (C=O) groups is 2. The van der Waals surface area contributed by atoms with Crippen LogP contribution in [0, 0.1) is 11.8 Å². The van der Waals surface area contributed by atoms with Crippen LogP contribution in [0.5, 0.6) is 0 Å². The Labute approximate surface area is 162 Å². The minimum absolute atomic E-state index is 0.0863. The normalized spacial score (nSPS) is 22.6. The van der Waals surface area contributed by atoms with Gasteiger partial charge in [-0.3, -0.25) is 9.59 Å². The Kier molecular flexibility index (Phi) is 10.9. The molecule has 1 fully saturated rings. The van der Waals surface area contributed by atoms with Gasteiger partial charge in [-0.1, -0.05) is 44.4 Å². The van der Waals surface area contributed by atoms with Crippen molar-refractivity contribution < 1.29 is 19.8 Å². The number of ketones is 1. The molecule has 5 heteroatoms. The van der Waals surface area contributed by atoms with Crippen molar-refractivity contribution in [2.45, 2.75) is 70.3 Å². The van der Waals surface area contributed by atoms with Gasteiger partial charge in [-0.25, -0.2) is 0 Å². The highest BCUT2D eigenvalue weighted by Gasteiger charge is 2.32. The minimum atomic E-state index is -0.841. The lowest BCUT2D eigenvalue weighted by molar-refractivity contribution is -0.133. The third-order valence-corrected chi connectivity index (χ3v) is 6.16. The summed E-state index contributed by atoms with van der Waals surface area (Å²) in [4.78, 5) is 22.7. The number of carboxylic acid groups (broad SMARTS) is 1. The molecule has 1 rings (SSSR count). The fraction of sp³-hybridized carbons (Fsp3) is 0.714. The predicted molar refractivity (Wildman–Crippen MR) is 108 cm³/mol. The summed E-state index contributed by atoms with van der Waals surface area (Å²) in [5.41, 5.74) is -0.841. The maximum Gasteiger partial charge on any atom is 0.313 e. The maximum atomic E-state index is 12.2. The van der Waals surface area contributed by atoms with Crippen molar-refractivity contribution in [1.29, 1.82) is 0 Å². The highest BCUT2D eigenvalue weighted by Crippen LogP contribution is 2.34. The number of Topliss-reactive ketones (excluding diaryl/α,β-unsaturated/α-hetero) is 1. The number of thioether (sulfide) groups is 1. The second-order valence-electron chi connectivity index (χ2n) is 7.26. The van der Waals surface area contributed by atoms with Gasteiger partial charge in [0.15, 0.2) is 0 Å². The van der Waals surface area contributed by atoms with E-state index in [0.29, 0.717) is 18.6 Å². The van der Waals surface area contributed by atoms with Crippen molar-refractivity contribution in [3.63, 3.8) is 0 Å². The van der Waals surface area contributed by atoms with E-state index < -0.39 is 11.6 Å². The quantitative estimate of drug-likeness (QED) is 0.339. The SMILES string of the molecule is C=CC(O)(CC=C[C@H]1CCC(=O)[C@@H]1CCCCSCC(=O)O)CCCC. The Balaban J connectivity index is 2.40. The molecule has 0 saturated heterocycles. The molecule has 4 nitrogen and oxygen atoms in total. The van der Waals surface area contributed by atoms with Crippen LogP contribution in [0.3, 0.4) is 0 Å². The second kappa shape index (κ2) is 12.3. The molecule has 0 aromatic heterocycles. The molecule has 3 atom stereocenters. The first kappa shape index (κ1) is 23.0. The van der Waals surface area contributed by atoms with E-state index in [1.54, 1.807) is 6.08 Å². The molecule has 0 radical (unpaired) electrons. The number of unbranched alkanes of at least 4 members (excludes halogenated alkanes) is 2. The summed E-state index contributed by atoms with van der Waals surface area (Å²) < 4.78 is 0. The van der Waals surface area contributed by atoms with E-state index in [4.69, 9.17) is 5.11 Å². The fourth-order valence-corrected chi connectivity index (χ4v) is 4.21. The Bertz CT molecular complexity index is 488. The van der Waals surface area contributed by atoms with Gasteiger partial charge in [0.05, 0.1) is 11.4 Å². The molecule has 1 aliphatic carbocycles. The number of carboxylic acids is 1. The molecule has 1 saturated carbocycles. The van der Waals surface area contributed by atoms with Crippen LogP contribution < -0.4 is 0 Å². The number of hydrogen-bond donors (Lipinski definition) is 2. The van der Waals surface area contributed by atoms with Gasteiger partial charge in [0, 0.05) is 12.3 Å². The van der Waals surface area contributed by atoms with Crippen LogP contribution in [-0.2, 0) is 9.59 Å². The van der Waals surface area contributed by atoms with Crippen LogP contribution in [0.1, 0.15) is 64.7 Å². The summed E-state index contributed by atoms with van der Waals surface area (Å²) in [6, 6.07) is 0. The summed E-state index contributed by atoms with van der Waals surface area (Å²) >= 11 is 1.44. The van der Waals surface area contributed by atoms with Crippen molar-refractivity contribution in [3.8, 4) is 0 Å². The van der Waals surface area contributed by atoms with E-state index in [1.165, 1.54) is 11.8 Å². The number of carbonyl (C=O) groups excluding carboxylic acids is 1. The Morgan fingerprint density at radius 2 is 2.15 bits per heavy atom. The van der Waals surface area contributed by atoms with E-state index in [2.05, 4.69) is 19.6 Å². The van der Waals surface area contributed by atoms with Crippen molar-refractivity contribution in [1.82, 2.24) is 0 Å². The van der Waals surface area contributed by atoms with Gasteiger partial charge >= 0.3 is 5.97 Å². The van der Waals surface area contributed by atoms with Crippen LogP contribution in [0.2, 0.25) is 0 Å². The highest BCUT2D eigenvalue weighted by atomic mass is 32.2. The third-order valence-electron chi connectivity index (χ3n) is 5.13. The number of allylic oxidation sites excluding steroid dienone is 1. The second-order valence-corrected chi connectivity index (χ2v) is 8.37. The summed E-state index contributed by atoms with van der Waals surface area (Å²) in [7, 11) is 0.